The van der Waals surface area contributed by atoms with Gasteiger partial charge in [-0.2, -0.15) is 13.2 Å². The van der Waals surface area contributed by atoms with E-state index >= 15 is 0 Å². The third kappa shape index (κ3) is 4.71. The maximum Gasteiger partial charge on any atom is 0.411 e. The van der Waals surface area contributed by atoms with Crippen LogP contribution in [0.15, 0.2) is 0 Å². The molecule has 1 saturated carbocycles. The zero-order valence-corrected chi connectivity index (χ0v) is 10.5. The Balaban J connectivity index is 2.26. The highest BCUT2D eigenvalue weighted by atomic mass is 19.4. The summed E-state index contributed by atoms with van der Waals surface area (Å²) in [5, 5.41) is 11.9. The van der Waals surface area contributed by atoms with Crippen molar-refractivity contribution in [1.82, 2.24) is 10.6 Å². The van der Waals surface area contributed by atoms with Crippen molar-refractivity contribution in [3.8, 4) is 0 Å². The van der Waals surface area contributed by atoms with Crippen LogP contribution < -0.4 is 10.6 Å². The number of carboxylic acid groups (broad SMARTS) is 1. The lowest BCUT2D eigenvalue weighted by Gasteiger charge is -2.20. The molecule has 6 nitrogen and oxygen atoms in total. The van der Waals surface area contributed by atoms with E-state index in [-0.39, 0.29) is 38.5 Å². The summed E-state index contributed by atoms with van der Waals surface area (Å²) >= 11 is 0. The van der Waals surface area contributed by atoms with E-state index in [1.807, 2.05) is 0 Å². The summed E-state index contributed by atoms with van der Waals surface area (Å²) in [6.07, 6.45) is -4.63. The second kappa shape index (κ2) is 6.10. The van der Waals surface area contributed by atoms with Crippen LogP contribution in [-0.4, -0.2) is 34.7 Å². The molecule has 114 valence electrons. The predicted octanol–water partition coefficient (Wildman–Crippen LogP) is 1.55. The SMILES string of the molecule is O=C(O)CCCCC(=O)NC(=O)NC1(C(F)(F)F)CC1. The molecule has 0 aromatic rings. The van der Waals surface area contributed by atoms with Gasteiger partial charge in [-0.05, 0) is 25.7 Å². The maximum absolute atomic E-state index is 12.5. The fraction of sp³-hybridized carbons (Fsp3) is 0.727. The van der Waals surface area contributed by atoms with E-state index < -0.39 is 29.6 Å². The van der Waals surface area contributed by atoms with Crippen LogP contribution in [0.25, 0.3) is 0 Å². The van der Waals surface area contributed by atoms with E-state index in [1.54, 1.807) is 10.6 Å². The quantitative estimate of drug-likeness (QED) is 0.648. The maximum atomic E-state index is 12.5. The van der Waals surface area contributed by atoms with Gasteiger partial charge in [0.15, 0.2) is 0 Å². The first kappa shape index (κ1) is 16.3. The van der Waals surface area contributed by atoms with Crippen LogP contribution in [0, 0.1) is 0 Å². The van der Waals surface area contributed by atoms with Crippen molar-refractivity contribution in [3.05, 3.63) is 0 Å². The molecule has 0 heterocycles. The van der Waals surface area contributed by atoms with Crippen LogP contribution in [0.2, 0.25) is 0 Å². The Morgan fingerprint density at radius 2 is 1.65 bits per heavy atom. The third-order valence-corrected chi connectivity index (χ3v) is 2.94. The number of aliphatic carboxylic acids is 1. The van der Waals surface area contributed by atoms with Gasteiger partial charge in [-0.1, -0.05) is 0 Å². The molecule has 20 heavy (non-hydrogen) atoms. The zero-order chi connectivity index (χ0) is 15.4. The van der Waals surface area contributed by atoms with Gasteiger partial charge < -0.3 is 10.4 Å². The molecule has 0 spiro atoms. The highest BCUT2D eigenvalue weighted by Gasteiger charge is 2.64. The number of imide groups is 1. The van der Waals surface area contributed by atoms with Crippen molar-refractivity contribution in [2.24, 2.45) is 0 Å². The first-order chi connectivity index (χ1) is 9.16. The minimum Gasteiger partial charge on any atom is -0.481 e. The number of halogens is 3. The summed E-state index contributed by atoms with van der Waals surface area (Å²) in [6, 6.07) is -1.18. The Morgan fingerprint density at radius 1 is 1.10 bits per heavy atom. The highest BCUT2D eigenvalue weighted by molar-refractivity contribution is 5.94. The number of carbonyl (C=O) groups excluding carboxylic acids is 2. The smallest absolute Gasteiger partial charge is 0.411 e. The first-order valence-corrected chi connectivity index (χ1v) is 6.07. The van der Waals surface area contributed by atoms with E-state index in [1.165, 1.54) is 0 Å². The van der Waals surface area contributed by atoms with Crippen molar-refractivity contribution >= 4 is 17.9 Å². The summed E-state index contributed by atoms with van der Waals surface area (Å²) in [5.41, 5.74) is -2.21. The van der Waals surface area contributed by atoms with Gasteiger partial charge in [0, 0.05) is 12.8 Å². The van der Waals surface area contributed by atoms with E-state index in [9.17, 15) is 27.6 Å². The van der Waals surface area contributed by atoms with Crippen molar-refractivity contribution in [3.63, 3.8) is 0 Å². The van der Waals surface area contributed by atoms with Crippen molar-refractivity contribution in [2.45, 2.75) is 50.2 Å². The van der Waals surface area contributed by atoms with Gasteiger partial charge >= 0.3 is 18.2 Å². The number of urea groups is 1. The summed E-state index contributed by atoms with van der Waals surface area (Å²) in [6.45, 7) is 0. The number of carbonyl (C=O) groups is 3. The lowest BCUT2D eigenvalue weighted by Crippen LogP contribution is -2.52. The Labute approximate surface area is 112 Å². The highest BCUT2D eigenvalue weighted by Crippen LogP contribution is 2.48. The van der Waals surface area contributed by atoms with Crippen molar-refractivity contribution < 1.29 is 32.7 Å². The van der Waals surface area contributed by atoms with Gasteiger partial charge in [-0.3, -0.25) is 14.9 Å². The predicted molar refractivity (Wildman–Crippen MR) is 60.8 cm³/mol. The minimum absolute atomic E-state index is 0.101. The van der Waals surface area contributed by atoms with Crippen LogP contribution in [0.3, 0.4) is 0 Å². The van der Waals surface area contributed by atoms with Gasteiger partial charge in [0.2, 0.25) is 5.91 Å². The lowest BCUT2D eigenvalue weighted by molar-refractivity contribution is -0.162. The van der Waals surface area contributed by atoms with E-state index in [2.05, 4.69) is 0 Å². The van der Waals surface area contributed by atoms with Crippen molar-refractivity contribution in [1.29, 1.82) is 0 Å². The molecular formula is C11H15F3N2O4. The molecule has 3 N–H and O–H groups in total. The second-order valence-electron chi connectivity index (χ2n) is 4.68. The molecule has 0 unspecified atom stereocenters. The number of nitrogens with one attached hydrogen (secondary N) is 2. The molecule has 0 radical (unpaired) electrons. The fourth-order valence-electron chi connectivity index (χ4n) is 1.60. The minimum atomic E-state index is -4.53. The molecule has 1 aliphatic carbocycles. The normalized spacial score (nSPS) is 16.4. The Bertz CT molecular complexity index is 405. The number of rotatable bonds is 6. The largest absolute Gasteiger partial charge is 0.481 e. The molecule has 9 heteroatoms. The van der Waals surface area contributed by atoms with Gasteiger partial charge in [0.25, 0.3) is 0 Å². The molecule has 1 rings (SSSR count). The first-order valence-electron chi connectivity index (χ1n) is 6.07. The number of amides is 3. The summed E-state index contributed by atoms with van der Waals surface area (Å²) in [4.78, 5) is 32.7. The zero-order valence-electron chi connectivity index (χ0n) is 10.5. The standard InChI is InChI=1S/C11H15F3N2O4/c12-11(13,14)10(5-6-10)16-9(20)15-7(17)3-1-2-4-8(18)19/h1-6H2,(H,18,19)(H2,15,16,17,20). The molecule has 1 fully saturated rings. The van der Waals surface area contributed by atoms with Gasteiger partial charge in [-0.15, -0.1) is 0 Å². The second-order valence-corrected chi connectivity index (χ2v) is 4.68. The van der Waals surface area contributed by atoms with Crippen LogP contribution >= 0.6 is 0 Å². The van der Waals surface area contributed by atoms with E-state index in [0.29, 0.717) is 0 Å². The van der Waals surface area contributed by atoms with Crippen LogP contribution in [0.4, 0.5) is 18.0 Å². The van der Waals surface area contributed by atoms with Gasteiger partial charge in [0.05, 0.1) is 0 Å². The van der Waals surface area contributed by atoms with E-state index in [4.69, 9.17) is 5.11 Å². The molecule has 0 saturated heterocycles. The van der Waals surface area contributed by atoms with Crippen molar-refractivity contribution in [2.75, 3.05) is 0 Å². The molecule has 0 bridgehead atoms. The average molecular weight is 296 g/mol. The Kier molecular flexibility index (Phi) is 4.96. The number of hydrogen-bond donors (Lipinski definition) is 3. The third-order valence-electron chi connectivity index (χ3n) is 2.94. The van der Waals surface area contributed by atoms with E-state index in [0.717, 1.165) is 0 Å². The average Bonchev–Trinajstić information content (AvgIpc) is 3.04. The van der Waals surface area contributed by atoms with Gasteiger partial charge in [-0.25, -0.2) is 4.79 Å². The number of alkyl halides is 3. The number of unbranched alkanes of at least 4 members (excludes halogenated alkanes) is 1. The summed E-state index contributed by atoms with van der Waals surface area (Å²) in [7, 11) is 0. The van der Waals surface area contributed by atoms with Crippen LogP contribution in [0.1, 0.15) is 38.5 Å². The topological polar surface area (TPSA) is 95.5 Å². The lowest BCUT2D eigenvalue weighted by atomic mass is 10.2. The fourth-order valence-corrected chi connectivity index (χ4v) is 1.60. The summed E-state index contributed by atoms with van der Waals surface area (Å²) < 4.78 is 37.6. The Hall–Kier alpha value is -1.80. The van der Waals surface area contributed by atoms with Gasteiger partial charge in [0.1, 0.15) is 5.54 Å². The number of carboxylic acids is 1. The molecule has 0 aromatic heterocycles. The van der Waals surface area contributed by atoms with Crippen LogP contribution in [0.5, 0.6) is 0 Å². The monoisotopic (exact) mass is 296 g/mol. The molecular weight excluding hydrogens is 281 g/mol. The number of hydrogen-bond acceptors (Lipinski definition) is 3. The van der Waals surface area contributed by atoms with Crippen LogP contribution in [-0.2, 0) is 9.59 Å². The molecule has 0 aliphatic heterocycles. The molecule has 1 aliphatic rings. The Morgan fingerprint density at radius 3 is 2.10 bits per heavy atom. The summed E-state index contributed by atoms with van der Waals surface area (Å²) in [5.74, 6) is -1.73. The molecule has 0 aromatic carbocycles. The molecule has 3 amide bonds. The molecule has 0 atom stereocenters.